The summed E-state index contributed by atoms with van der Waals surface area (Å²) >= 11 is 0. The van der Waals surface area contributed by atoms with Crippen molar-refractivity contribution in [2.45, 2.75) is 57.9 Å². The van der Waals surface area contributed by atoms with E-state index in [1.165, 1.54) is 32.1 Å². The van der Waals surface area contributed by atoms with Crippen LogP contribution in [0, 0.1) is 5.92 Å². The second-order valence-corrected chi connectivity index (χ2v) is 6.00. The maximum absolute atomic E-state index is 12.0. The smallest absolute Gasteiger partial charge is 0.220 e. The number of carbonyl (C=O) groups excluding carboxylic acids is 1. The van der Waals surface area contributed by atoms with Gasteiger partial charge in [0.05, 0.1) is 6.04 Å². The summed E-state index contributed by atoms with van der Waals surface area (Å²) in [5.41, 5.74) is 7.58. The van der Waals surface area contributed by atoms with Gasteiger partial charge in [-0.2, -0.15) is 0 Å². The van der Waals surface area contributed by atoms with E-state index in [0.717, 1.165) is 23.6 Å². The molecule has 1 atom stereocenters. The van der Waals surface area contributed by atoms with Crippen molar-refractivity contribution < 1.29 is 4.79 Å². The minimum Gasteiger partial charge on any atom is -0.399 e. The van der Waals surface area contributed by atoms with Crippen LogP contribution in [-0.2, 0) is 4.79 Å². The molecule has 0 saturated heterocycles. The zero-order valence-electron chi connectivity index (χ0n) is 12.4. The van der Waals surface area contributed by atoms with Crippen molar-refractivity contribution in [3.63, 3.8) is 0 Å². The minimum atomic E-state index is 0.0253. The van der Waals surface area contributed by atoms with Crippen LogP contribution in [0.3, 0.4) is 0 Å². The summed E-state index contributed by atoms with van der Waals surface area (Å²) < 4.78 is 0. The Bertz CT molecular complexity index is 438. The van der Waals surface area contributed by atoms with Gasteiger partial charge >= 0.3 is 0 Å². The van der Waals surface area contributed by atoms with Crippen LogP contribution in [0.5, 0.6) is 0 Å². The molecule has 1 fully saturated rings. The van der Waals surface area contributed by atoms with Crippen molar-refractivity contribution in [3.05, 3.63) is 29.8 Å². The molecule has 1 unspecified atom stereocenters. The Morgan fingerprint density at radius 3 is 2.80 bits per heavy atom. The topological polar surface area (TPSA) is 55.1 Å². The van der Waals surface area contributed by atoms with Gasteiger partial charge in [0.25, 0.3) is 0 Å². The third-order valence-corrected chi connectivity index (χ3v) is 4.29. The summed E-state index contributed by atoms with van der Waals surface area (Å²) in [5.74, 6) is 0.919. The lowest BCUT2D eigenvalue weighted by molar-refractivity contribution is -0.122. The maximum atomic E-state index is 12.0. The molecule has 1 aliphatic rings. The third kappa shape index (κ3) is 4.55. The number of amides is 1. The van der Waals surface area contributed by atoms with Gasteiger partial charge in [-0.05, 0) is 37.0 Å². The molecule has 1 amide bonds. The molecule has 110 valence electrons. The van der Waals surface area contributed by atoms with E-state index in [1.54, 1.807) is 0 Å². The predicted molar refractivity (Wildman–Crippen MR) is 83.2 cm³/mol. The van der Waals surface area contributed by atoms with E-state index < -0.39 is 0 Å². The van der Waals surface area contributed by atoms with E-state index in [0.29, 0.717) is 6.42 Å². The number of benzene rings is 1. The zero-order chi connectivity index (χ0) is 14.4. The summed E-state index contributed by atoms with van der Waals surface area (Å²) in [7, 11) is 0. The highest BCUT2D eigenvalue weighted by molar-refractivity contribution is 5.76. The highest BCUT2D eigenvalue weighted by atomic mass is 16.1. The molecule has 3 nitrogen and oxygen atoms in total. The molecule has 0 aliphatic heterocycles. The minimum absolute atomic E-state index is 0.0253. The highest BCUT2D eigenvalue weighted by Crippen LogP contribution is 2.27. The fourth-order valence-electron chi connectivity index (χ4n) is 3.04. The summed E-state index contributed by atoms with van der Waals surface area (Å²) in [6.07, 6.45) is 8.34. The lowest BCUT2D eigenvalue weighted by Gasteiger charge is -2.21. The van der Waals surface area contributed by atoms with Gasteiger partial charge in [-0.3, -0.25) is 4.79 Å². The van der Waals surface area contributed by atoms with Crippen LogP contribution in [0.2, 0.25) is 0 Å². The molecule has 1 aromatic carbocycles. The molecule has 0 bridgehead atoms. The fraction of sp³-hybridized carbons (Fsp3) is 0.588. The molecule has 0 radical (unpaired) electrons. The average molecular weight is 274 g/mol. The monoisotopic (exact) mass is 274 g/mol. The number of nitrogen functional groups attached to an aromatic ring is 1. The summed E-state index contributed by atoms with van der Waals surface area (Å²) in [6.45, 7) is 2.01. The molecule has 2 rings (SSSR count). The number of rotatable bonds is 5. The molecule has 1 aromatic rings. The average Bonchev–Trinajstić information content (AvgIpc) is 2.46. The van der Waals surface area contributed by atoms with Gasteiger partial charge in [0.15, 0.2) is 0 Å². The van der Waals surface area contributed by atoms with Crippen LogP contribution < -0.4 is 11.1 Å². The number of carbonyl (C=O) groups is 1. The number of nitrogens with one attached hydrogen (secondary N) is 1. The third-order valence-electron chi connectivity index (χ3n) is 4.29. The van der Waals surface area contributed by atoms with Crippen molar-refractivity contribution in [1.29, 1.82) is 0 Å². The Morgan fingerprint density at radius 1 is 1.35 bits per heavy atom. The van der Waals surface area contributed by atoms with E-state index in [2.05, 4.69) is 5.32 Å². The molecule has 1 saturated carbocycles. The SMILES string of the molecule is CC(NC(=O)CCC1CCCCC1)c1cccc(N)c1. The van der Waals surface area contributed by atoms with Gasteiger partial charge < -0.3 is 11.1 Å². The normalized spacial score (nSPS) is 17.6. The Kier molecular flexibility index (Phi) is 5.45. The molecular formula is C17H26N2O. The molecular weight excluding hydrogens is 248 g/mol. The van der Waals surface area contributed by atoms with Crippen LogP contribution in [0.15, 0.2) is 24.3 Å². The van der Waals surface area contributed by atoms with Crippen LogP contribution in [0.25, 0.3) is 0 Å². The molecule has 0 aromatic heterocycles. The fourth-order valence-corrected chi connectivity index (χ4v) is 3.04. The summed E-state index contributed by atoms with van der Waals surface area (Å²) in [4.78, 5) is 12.0. The number of hydrogen-bond donors (Lipinski definition) is 2. The van der Waals surface area contributed by atoms with E-state index in [1.807, 2.05) is 31.2 Å². The van der Waals surface area contributed by atoms with Crippen molar-refractivity contribution in [2.24, 2.45) is 5.92 Å². The van der Waals surface area contributed by atoms with Crippen molar-refractivity contribution in [2.75, 3.05) is 5.73 Å². The highest BCUT2D eigenvalue weighted by Gasteiger charge is 2.16. The van der Waals surface area contributed by atoms with Gasteiger partial charge in [0, 0.05) is 12.1 Å². The van der Waals surface area contributed by atoms with Gasteiger partial charge in [0.2, 0.25) is 5.91 Å². The van der Waals surface area contributed by atoms with E-state index in [4.69, 9.17) is 5.73 Å². The zero-order valence-corrected chi connectivity index (χ0v) is 12.4. The van der Waals surface area contributed by atoms with Gasteiger partial charge in [-0.15, -0.1) is 0 Å². The standard InChI is InChI=1S/C17H26N2O/c1-13(15-8-5-9-16(18)12-15)19-17(20)11-10-14-6-3-2-4-7-14/h5,8-9,12-14H,2-4,6-7,10-11,18H2,1H3,(H,19,20). The van der Waals surface area contributed by atoms with E-state index in [-0.39, 0.29) is 11.9 Å². The molecule has 20 heavy (non-hydrogen) atoms. The lowest BCUT2D eigenvalue weighted by atomic mass is 9.86. The lowest BCUT2D eigenvalue weighted by Crippen LogP contribution is -2.27. The first-order valence-corrected chi connectivity index (χ1v) is 7.80. The maximum Gasteiger partial charge on any atom is 0.220 e. The quantitative estimate of drug-likeness (QED) is 0.802. The largest absolute Gasteiger partial charge is 0.399 e. The Balaban J connectivity index is 1.76. The molecule has 0 spiro atoms. The first-order chi connectivity index (χ1) is 9.65. The number of hydrogen-bond acceptors (Lipinski definition) is 2. The first-order valence-electron chi connectivity index (χ1n) is 7.80. The Labute approximate surface area is 121 Å². The van der Waals surface area contributed by atoms with E-state index in [9.17, 15) is 4.79 Å². The van der Waals surface area contributed by atoms with Crippen molar-refractivity contribution in [3.8, 4) is 0 Å². The van der Waals surface area contributed by atoms with Gasteiger partial charge in [0.1, 0.15) is 0 Å². The summed E-state index contributed by atoms with van der Waals surface area (Å²) in [6, 6.07) is 7.74. The van der Waals surface area contributed by atoms with Crippen LogP contribution in [0.4, 0.5) is 5.69 Å². The predicted octanol–water partition coefficient (Wildman–Crippen LogP) is 3.81. The van der Waals surface area contributed by atoms with Crippen LogP contribution in [0.1, 0.15) is 63.5 Å². The van der Waals surface area contributed by atoms with Crippen molar-refractivity contribution in [1.82, 2.24) is 5.32 Å². The van der Waals surface area contributed by atoms with Crippen molar-refractivity contribution >= 4 is 11.6 Å². The Hall–Kier alpha value is -1.51. The number of nitrogens with two attached hydrogens (primary N) is 1. The Morgan fingerprint density at radius 2 is 2.10 bits per heavy atom. The molecule has 0 heterocycles. The van der Waals surface area contributed by atoms with Gasteiger partial charge in [-0.1, -0.05) is 44.2 Å². The summed E-state index contributed by atoms with van der Waals surface area (Å²) in [5, 5.41) is 3.07. The van der Waals surface area contributed by atoms with E-state index >= 15 is 0 Å². The first kappa shape index (κ1) is 14.9. The molecule has 3 heteroatoms. The van der Waals surface area contributed by atoms with Crippen LogP contribution >= 0.6 is 0 Å². The van der Waals surface area contributed by atoms with Gasteiger partial charge in [-0.25, -0.2) is 0 Å². The number of anilines is 1. The second kappa shape index (κ2) is 7.32. The second-order valence-electron chi connectivity index (χ2n) is 6.00. The molecule has 1 aliphatic carbocycles. The van der Waals surface area contributed by atoms with Crippen LogP contribution in [-0.4, -0.2) is 5.91 Å². The molecule has 3 N–H and O–H groups in total.